The molecule has 10 nitrogen and oxygen atoms in total. The lowest BCUT2D eigenvalue weighted by Crippen LogP contribution is -2.21. The van der Waals surface area contributed by atoms with E-state index >= 15 is 0 Å². The first-order chi connectivity index (χ1) is 14.7. The smallest absolute Gasteiger partial charge is 0.335 e. The summed E-state index contributed by atoms with van der Waals surface area (Å²) in [5.41, 5.74) is -0.606. The molecule has 1 amide bonds. The van der Waals surface area contributed by atoms with Crippen LogP contribution < -0.4 is 15.6 Å². The van der Waals surface area contributed by atoms with E-state index in [2.05, 4.69) is 15.3 Å². The van der Waals surface area contributed by atoms with Crippen molar-refractivity contribution in [3.8, 4) is 5.75 Å². The third-order valence-corrected chi connectivity index (χ3v) is 4.24. The number of carbonyl (C=O) groups is 3. The van der Waals surface area contributed by atoms with Crippen LogP contribution >= 0.6 is 0 Å². The second-order valence-corrected chi connectivity index (χ2v) is 6.47. The van der Waals surface area contributed by atoms with Crippen molar-refractivity contribution in [1.29, 1.82) is 0 Å². The van der Waals surface area contributed by atoms with Gasteiger partial charge in [0.05, 0.1) is 18.2 Å². The highest BCUT2D eigenvalue weighted by molar-refractivity contribution is 6.04. The number of H-pyrrole nitrogens is 1. The van der Waals surface area contributed by atoms with Crippen LogP contribution in [0.1, 0.15) is 42.6 Å². The molecule has 0 unspecified atom stereocenters. The monoisotopic (exact) mass is 423 g/mol. The van der Waals surface area contributed by atoms with E-state index in [9.17, 15) is 19.2 Å². The van der Waals surface area contributed by atoms with Gasteiger partial charge in [-0.3, -0.25) is 9.59 Å². The molecule has 158 valence electrons. The van der Waals surface area contributed by atoms with Gasteiger partial charge < -0.3 is 25.3 Å². The summed E-state index contributed by atoms with van der Waals surface area (Å²) in [5, 5.41) is 20.7. The molecule has 0 saturated carbocycles. The van der Waals surface area contributed by atoms with E-state index in [4.69, 9.17) is 14.9 Å². The van der Waals surface area contributed by atoms with Crippen LogP contribution in [0.2, 0.25) is 0 Å². The van der Waals surface area contributed by atoms with Crippen LogP contribution in [0.3, 0.4) is 0 Å². The predicted octanol–water partition coefficient (Wildman–Crippen LogP) is 2.02. The number of methoxy groups -OCH3 is 1. The van der Waals surface area contributed by atoms with E-state index < -0.39 is 23.4 Å². The number of hydrogen-bond donors (Lipinski definition) is 4. The lowest BCUT2D eigenvalue weighted by atomic mass is 10.1. The number of carboxylic acids is 2. The fourth-order valence-corrected chi connectivity index (χ4v) is 2.79. The number of rotatable bonds is 7. The van der Waals surface area contributed by atoms with Gasteiger partial charge in [0.15, 0.2) is 0 Å². The van der Waals surface area contributed by atoms with Crippen LogP contribution in [-0.4, -0.2) is 45.1 Å². The Morgan fingerprint density at radius 3 is 2.16 bits per heavy atom. The molecule has 3 rings (SSSR count). The second kappa shape index (κ2) is 8.91. The first kappa shape index (κ1) is 21.2. The first-order valence-corrected chi connectivity index (χ1v) is 8.91. The topological polar surface area (TPSA) is 159 Å². The third kappa shape index (κ3) is 5.32. The average Bonchev–Trinajstić information content (AvgIpc) is 2.73. The number of amides is 1. The van der Waals surface area contributed by atoms with E-state index in [-0.39, 0.29) is 34.8 Å². The summed E-state index contributed by atoms with van der Waals surface area (Å²) in [6.07, 6.45) is 0.248. The molecule has 0 radical (unpaired) electrons. The minimum Gasteiger partial charge on any atom is -0.497 e. The molecule has 0 bridgehead atoms. The van der Waals surface area contributed by atoms with Crippen molar-refractivity contribution in [1.82, 2.24) is 9.97 Å². The highest BCUT2D eigenvalue weighted by atomic mass is 16.5. The standard InChI is InChI=1S/C21H17N3O7/c1-31-15-4-2-11(3-5-15)6-17-23-16(10-18(25)24-17)19(26)22-14-8-12(20(27)28)7-13(9-14)21(29)30/h2-5,7-10H,6H2,1H3,(H,22,26)(H,27,28)(H,29,30)(H,23,24,25). The number of aromatic carboxylic acids is 2. The quantitative estimate of drug-likeness (QED) is 0.449. The van der Waals surface area contributed by atoms with Gasteiger partial charge in [-0.1, -0.05) is 12.1 Å². The van der Waals surface area contributed by atoms with Crippen molar-refractivity contribution >= 4 is 23.5 Å². The van der Waals surface area contributed by atoms with Crippen molar-refractivity contribution < 1.29 is 29.3 Å². The third-order valence-electron chi connectivity index (χ3n) is 4.24. The minimum absolute atomic E-state index is 0.0545. The first-order valence-electron chi connectivity index (χ1n) is 8.91. The Labute approximate surface area is 175 Å². The van der Waals surface area contributed by atoms with Gasteiger partial charge >= 0.3 is 11.9 Å². The molecule has 1 aromatic heterocycles. The van der Waals surface area contributed by atoms with Crippen molar-refractivity contribution in [3.63, 3.8) is 0 Å². The molecule has 0 atom stereocenters. The van der Waals surface area contributed by atoms with Crippen LogP contribution in [0, 0.1) is 0 Å². The van der Waals surface area contributed by atoms with Crippen LogP contribution in [0.15, 0.2) is 53.3 Å². The van der Waals surface area contributed by atoms with Gasteiger partial charge in [0, 0.05) is 18.2 Å². The largest absolute Gasteiger partial charge is 0.497 e. The number of nitrogens with one attached hydrogen (secondary N) is 2. The summed E-state index contributed by atoms with van der Waals surface area (Å²) in [7, 11) is 1.54. The summed E-state index contributed by atoms with van der Waals surface area (Å²) >= 11 is 0. The van der Waals surface area contributed by atoms with Gasteiger partial charge in [-0.2, -0.15) is 0 Å². The van der Waals surface area contributed by atoms with Gasteiger partial charge in [0.1, 0.15) is 17.3 Å². The fraction of sp³-hybridized carbons (Fsp3) is 0.0952. The van der Waals surface area contributed by atoms with E-state index in [0.29, 0.717) is 5.75 Å². The molecule has 0 spiro atoms. The Kier molecular flexibility index (Phi) is 6.10. The molecule has 0 aliphatic heterocycles. The molecule has 0 saturated heterocycles. The molecular formula is C21H17N3O7. The molecular weight excluding hydrogens is 406 g/mol. The molecule has 0 aliphatic carbocycles. The molecule has 31 heavy (non-hydrogen) atoms. The zero-order chi connectivity index (χ0) is 22.5. The van der Waals surface area contributed by atoms with E-state index in [1.54, 1.807) is 31.4 Å². The molecule has 0 fully saturated rings. The summed E-state index contributed by atoms with van der Waals surface area (Å²) in [5.74, 6) is -2.58. The van der Waals surface area contributed by atoms with Crippen LogP contribution in [-0.2, 0) is 6.42 Å². The highest BCUT2D eigenvalue weighted by Crippen LogP contribution is 2.17. The predicted molar refractivity (Wildman–Crippen MR) is 109 cm³/mol. The SMILES string of the molecule is COc1ccc(Cc2nc(C(=O)Nc3cc(C(=O)O)cc(C(=O)O)c3)cc(=O)[nH]2)cc1. The van der Waals surface area contributed by atoms with E-state index in [1.165, 1.54) is 0 Å². The Morgan fingerprint density at radius 2 is 1.61 bits per heavy atom. The summed E-state index contributed by atoms with van der Waals surface area (Å²) < 4.78 is 5.09. The van der Waals surface area contributed by atoms with Gasteiger partial charge in [-0.05, 0) is 35.9 Å². The van der Waals surface area contributed by atoms with Crippen LogP contribution in [0.5, 0.6) is 5.75 Å². The number of aromatic amines is 1. The number of anilines is 1. The fourth-order valence-electron chi connectivity index (χ4n) is 2.79. The number of hydrogen-bond acceptors (Lipinski definition) is 6. The summed E-state index contributed by atoms with van der Waals surface area (Å²) in [6.45, 7) is 0. The normalized spacial score (nSPS) is 10.4. The molecule has 10 heteroatoms. The van der Waals surface area contributed by atoms with E-state index in [0.717, 1.165) is 29.8 Å². The van der Waals surface area contributed by atoms with Gasteiger partial charge in [0.25, 0.3) is 11.5 Å². The van der Waals surface area contributed by atoms with Gasteiger partial charge in [-0.25, -0.2) is 14.6 Å². The minimum atomic E-state index is -1.35. The molecule has 0 aliphatic rings. The zero-order valence-electron chi connectivity index (χ0n) is 16.2. The Bertz CT molecular complexity index is 1180. The van der Waals surface area contributed by atoms with Crippen LogP contribution in [0.25, 0.3) is 0 Å². The van der Waals surface area contributed by atoms with Crippen molar-refractivity contribution in [2.45, 2.75) is 6.42 Å². The summed E-state index contributed by atoms with van der Waals surface area (Å²) in [6, 6.07) is 11.3. The van der Waals surface area contributed by atoms with Crippen LogP contribution in [0.4, 0.5) is 5.69 Å². The number of nitrogens with zero attached hydrogens (tertiary/aromatic N) is 1. The van der Waals surface area contributed by atoms with Gasteiger partial charge in [-0.15, -0.1) is 0 Å². The van der Waals surface area contributed by atoms with Crippen molar-refractivity contribution in [2.75, 3.05) is 12.4 Å². The second-order valence-electron chi connectivity index (χ2n) is 6.47. The molecule has 2 aromatic carbocycles. The number of aromatic nitrogens is 2. The average molecular weight is 423 g/mol. The molecule has 1 heterocycles. The lowest BCUT2D eigenvalue weighted by Gasteiger charge is -2.09. The maximum absolute atomic E-state index is 12.6. The summed E-state index contributed by atoms with van der Waals surface area (Å²) in [4.78, 5) is 53.7. The molecule has 4 N–H and O–H groups in total. The van der Waals surface area contributed by atoms with E-state index in [1.807, 2.05) is 0 Å². The number of carbonyl (C=O) groups excluding carboxylic acids is 1. The zero-order valence-corrected chi connectivity index (χ0v) is 16.2. The van der Waals surface area contributed by atoms with Crippen molar-refractivity contribution in [2.24, 2.45) is 0 Å². The number of benzene rings is 2. The molecule has 3 aromatic rings. The Hall–Kier alpha value is -4.47. The maximum Gasteiger partial charge on any atom is 0.335 e. The number of carboxylic acid groups (broad SMARTS) is 2. The Balaban J connectivity index is 1.86. The van der Waals surface area contributed by atoms with Gasteiger partial charge in [0.2, 0.25) is 0 Å². The highest BCUT2D eigenvalue weighted by Gasteiger charge is 2.15. The maximum atomic E-state index is 12.6. The Morgan fingerprint density at radius 1 is 1.00 bits per heavy atom. The number of ether oxygens (including phenoxy) is 1. The van der Waals surface area contributed by atoms with Crippen molar-refractivity contribution in [3.05, 3.63) is 87.1 Å². The lowest BCUT2D eigenvalue weighted by molar-refractivity contribution is 0.0696.